The van der Waals surface area contributed by atoms with Crippen molar-refractivity contribution in [2.75, 3.05) is 5.32 Å². The molecule has 4 aromatic rings. The van der Waals surface area contributed by atoms with Gasteiger partial charge >= 0.3 is 0 Å². The van der Waals surface area contributed by atoms with Crippen molar-refractivity contribution in [1.29, 1.82) is 0 Å². The van der Waals surface area contributed by atoms with Gasteiger partial charge in [-0.25, -0.2) is 9.67 Å². The lowest BCUT2D eigenvalue weighted by Gasteiger charge is -2.08. The molecule has 0 unspecified atom stereocenters. The number of carbonyl (C=O) groups is 1. The summed E-state index contributed by atoms with van der Waals surface area (Å²) in [6, 6.07) is 16.3. The van der Waals surface area contributed by atoms with Crippen LogP contribution in [0.2, 0.25) is 0 Å². The number of pyridine rings is 1. The Morgan fingerprint density at radius 3 is 2.45 bits per heavy atom. The van der Waals surface area contributed by atoms with Crippen molar-refractivity contribution in [2.45, 2.75) is 34.2 Å². The van der Waals surface area contributed by atoms with Gasteiger partial charge in [-0.05, 0) is 68.1 Å². The van der Waals surface area contributed by atoms with Crippen LogP contribution in [0, 0.1) is 27.7 Å². The Morgan fingerprint density at radius 1 is 0.966 bits per heavy atom. The first-order valence-corrected chi connectivity index (χ1v) is 9.68. The molecule has 4 rings (SSSR count). The lowest BCUT2D eigenvalue weighted by Crippen LogP contribution is -2.19. The zero-order chi connectivity index (χ0) is 20.5. The highest BCUT2D eigenvalue weighted by Crippen LogP contribution is 2.30. The van der Waals surface area contributed by atoms with Gasteiger partial charge in [0.1, 0.15) is 6.54 Å². The van der Waals surface area contributed by atoms with Crippen molar-refractivity contribution in [3.8, 4) is 11.1 Å². The number of nitrogens with zero attached hydrogens (tertiary/aromatic N) is 3. The molecule has 1 N–H and O–H groups in total. The lowest BCUT2D eigenvalue weighted by molar-refractivity contribution is -0.116. The van der Waals surface area contributed by atoms with E-state index in [-0.39, 0.29) is 12.5 Å². The minimum absolute atomic E-state index is 0.113. The Hall–Kier alpha value is -3.47. The summed E-state index contributed by atoms with van der Waals surface area (Å²) in [4.78, 5) is 17.1. The van der Waals surface area contributed by atoms with Crippen LogP contribution in [0.3, 0.4) is 0 Å². The number of carbonyl (C=O) groups excluding carboxylic acids is 1. The molecule has 5 nitrogen and oxygen atoms in total. The third-order valence-corrected chi connectivity index (χ3v) is 5.25. The molecule has 2 aromatic carbocycles. The molecule has 2 aromatic heterocycles. The number of hydrogen-bond acceptors (Lipinski definition) is 3. The molecule has 5 heteroatoms. The van der Waals surface area contributed by atoms with E-state index in [2.05, 4.69) is 53.5 Å². The second kappa shape index (κ2) is 7.51. The summed E-state index contributed by atoms with van der Waals surface area (Å²) < 4.78 is 1.68. The molecule has 0 fully saturated rings. The lowest BCUT2D eigenvalue weighted by atomic mass is 10.0. The average Bonchev–Trinajstić information content (AvgIpc) is 3.01. The highest BCUT2D eigenvalue weighted by molar-refractivity contribution is 5.96. The van der Waals surface area contributed by atoms with Gasteiger partial charge < -0.3 is 5.32 Å². The van der Waals surface area contributed by atoms with Crippen molar-refractivity contribution in [3.63, 3.8) is 0 Å². The summed E-state index contributed by atoms with van der Waals surface area (Å²) in [5.74, 6) is -0.125. The first kappa shape index (κ1) is 18.9. The van der Waals surface area contributed by atoms with Crippen LogP contribution in [-0.2, 0) is 11.3 Å². The van der Waals surface area contributed by atoms with Crippen molar-refractivity contribution in [2.24, 2.45) is 0 Å². The van der Waals surface area contributed by atoms with Gasteiger partial charge in [-0.15, -0.1) is 0 Å². The Kier molecular flexibility index (Phi) is 4.89. The Bertz CT molecular complexity index is 1210. The summed E-state index contributed by atoms with van der Waals surface area (Å²) in [6.45, 7) is 8.23. The molecule has 0 saturated heterocycles. The van der Waals surface area contributed by atoms with E-state index in [0.29, 0.717) is 0 Å². The fourth-order valence-corrected chi connectivity index (χ4v) is 3.52. The van der Waals surface area contributed by atoms with Gasteiger partial charge in [0.15, 0.2) is 5.65 Å². The van der Waals surface area contributed by atoms with Crippen molar-refractivity contribution >= 4 is 22.6 Å². The molecule has 2 heterocycles. The zero-order valence-electron chi connectivity index (χ0n) is 17.2. The molecule has 0 radical (unpaired) electrons. The largest absolute Gasteiger partial charge is 0.324 e. The molecule has 0 spiro atoms. The van der Waals surface area contributed by atoms with Gasteiger partial charge in [0.05, 0.1) is 5.69 Å². The molecule has 0 bridgehead atoms. The molecule has 0 aliphatic rings. The predicted molar refractivity (Wildman–Crippen MR) is 117 cm³/mol. The fraction of sp³-hybridized carbons (Fsp3) is 0.208. The van der Waals surface area contributed by atoms with Crippen LogP contribution in [0.25, 0.3) is 22.2 Å². The quantitative estimate of drug-likeness (QED) is 0.540. The molecule has 0 atom stereocenters. The Labute approximate surface area is 170 Å². The van der Waals surface area contributed by atoms with Gasteiger partial charge in [-0.1, -0.05) is 35.9 Å². The third kappa shape index (κ3) is 3.76. The number of benzene rings is 2. The van der Waals surface area contributed by atoms with E-state index >= 15 is 0 Å². The first-order valence-electron chi connectivity index (χ1n) is 9.68. The van der Waals surface area contributed by atoms with E-state index in [0.717, 1.165) is 39.1 Å². The smallest absolute Gasteiger partial charge is 0.246 e. The van der Waals surface area contributed by atoms with Crippen LogP contribution in [-0.4, -0.2) is 20.7 Å². The second-order valence-electron chi connectivity index (χ2n) is 7.51. The minimum atomic E-state index is -0.125. The van der Waals surface area contributed by atoms with E-state index in [4.69, 9.17) is 0 Å². The maximum absolute atomic E-state index is 12.6. The van der Waals surface area contributed by atoms with Crippen LogP contribution in [0.15, 0.2) is 54.7 Å². The van der Waals surface area contributed by atoms with Crippen molar-refractivity contribution in [3.05, 3.63) is 77.1 Å². The molecule has 0 saturated carbocycles. The number of aromatic nitrogens is 3. The Balaban J connectivity index is 1.64. The molecule has 0 aliphatic carbocycles. The van der Waals surface area contributed by atoms with E-state index in [1.54, 1.807) is 10.9 Å². The summed E-state index contributed by atoms with van der Waals surface area (Å²) in [7, 11) is 0. The van der Waals surface area contributed by atoms with Gasteiger partial charge in [0, 0.05) is 17.3 Å². The normalized spacial score (nSPS) is 11.0. The maximum Gasteiger partial charge on any atom is 0.246 e. The van der Waals surface area contributed by atoms with E-state index in [9.17, 15) is 4.79 Å². The molecule has 1 amide bonds. The molecule has 146 valence electrons. The highest BCUT2D eigenvalue weighted by atomic mass is 16.2. The molecule has 0 aliphatic heterocycles. The van der Waals surface area contributed by atoms with Crippen LogP contribution < -0.4 is 5.32 Å². The van der Waals surface area contributed by atoms with E-state index < -0.39 is 0 Å². The number of rotatable bonds is 4. The first-order chi connectivity index (χ1) is 13.9. The summed E-state index contributed by atoms with van der Waals surface area (Å²) in [5.41, 5.74) is 8.13. The predicted octanol–water partition coefficient (Wildman–Crippen LogP) is 4.97. The van der Waals surface area contributed by atoms with Gasteiger partial charge in [-0.2, -0.15) is 5.10 Å². The average molecular weight is 384 g/mol. The van der Waals surface area contributed by atoms with Crippen LogP contribution in [0.1, 0.15) is 22.4 Å². The maximum atomic E-state index is 12.6. The fourth-order valence-electron chi connectivity index (χ4n) is 3.52. The second-order valence-corrected chi connectivity index (χ2v) is 7.51. The number of amides is 1. The monoisotopic (exact) mass is 384 g/mol. The van der Waals surface area contributed by atoms with Crippen LogP contribution in [0.5, 0.6) is 0 Å². The number of aryl methyl sites for hydroxylation is 4. The summed E-state index contributed by atoms with van der Waals surface area (Å²) in [5, 5.41) is 8.54. The van der Waals surface area contributed by atoms with Gasteiger partial charge in [0.2, 0.25) is 5.91 Å². The third-order valence-electron chi connectivity index (χ3n) is 5.25. The number of anilines is 1. The minimum Gasteiger partial charge on any atom is -0.324 e. The van der Waals surface area contributed by atoms with E-state index in [1.807, 2.05) is 38.1 Å². The zero-order valence-corrected chi connectivity index (χ0v) is 17.2. The molecule has 29 heavy (non-hydrogen) atoms. The molecular formula is C24H24N4O. The standard InChI is InChI=1S/C24H24N4O/c1-15-5-8-19(9-6-15)21-11-12-25-24-23(21)18(4)27-28(24)14-22(29)26-20-10-7-16(2)17(3)13-20/h5-13H,14H2,1-4H3,(H,26,29). The van der Waals surface area contributed by atoms with Crippen LogP contribution in [0.4, 0.5) is 5.69 Å². The molecular weight excluding hydrogens is 360 g/mol. The number of nitrogens with one attached hydrogen (secondary N) is 1. The Morgan fingerprint density at radius 2 is 1.72 bits per heavy atom. The van der Waals surface area contributed by atoms with Crippen molar-refractivity contribution in [1.82, 2.24) is 14.8 Å². The topological polar surface area (TPSA) is 59.8 Å². The number of hydrogen-bond donors (Lipinski definition) is 1. The van der Waals surface area contributed by atoms with Crippen molar-refractivity contribution < 1.29 is 4.79 Å². The SMILES string of the molecule is Cc1ccc(-c2ccnc3c2c(C)nn3CC(=O)Nc2ccc(C)c(C)c2)cc1. The van der Waals surface area contributed by atoms with E-state index in [1.165, 1.54) is 11.1 Å². The van der Waals surface area contributed by atoms with Crippen LogP contribution >= 0.6 is 0 Å². The number of fused-ring (bicyclic) bond motifs is 1. The highest BCUT2D eigenvalue weighted by Gasteiger charge is 2.16. The summed E-state index contributed by atoms with van der Waals surface area (Å²) >= 11 is 0. The van der Waals surface area contributed by atoms with Gasteiger partial charge in [-0.3, -0.25) is 4.79 Å². The van der Waals surface area contributed by atoms with Gasteiger partial charge in [0.25, 0.3) is 0 Å². The summed E-state index contributed by atoms with van der Waals surface area (Å²) in [6.07, 6.45) is 1.77.